The Morgan fingerprint density at radius 3 is 2.70 bits per heavy atom. The second-order valence-corrected chi connectivity index (χ2v) is 7.29. The highest BCUT2D eigenvalue weighted by Gasteiger charge is 2.41. The Bertz CT molecular complexity index is 414. The molecule has 1 N–H and O–H groups in total. The third-order valence-corrected chi connectivity index (χ3v) is 5.09. The first-order valence-electron chi connectivity index (χ1n) is 7.62. The van der Waals surface area contributed by atoms with Crippen LogP contribution in [0.2, 0.25) is 0 Å². The van der Waals surface area contributed by atoms with E-state index in [0.717, 1.165) is 19.3 Å². The van der Waals surface area contributed by atoms with Crippen molar-refractivity contribution in [3.63, 3.8) is 0 Å². The fraction of sp³-hybridized carbons (Fsp3) is 0.647. The van der Waals surface area contributed by atoms with Crippen LogP contribution in [0.25, 0.3) is 0 Å². The summed E-state index contributed by atoms with van der Waals surface area (Å²) in [7, 11) is 0. The number of ether oxygens (including phenoxy) is 1. The highest BCUT2D eigenvalue weighted by molar-refractivity contribution is 14.1. The minimum atomic E-state index is -0.412. The van der Waals surface area contributed by atoms with Crippen LogP contribution in [0.15, 0.2) is 24.3 Å². The molecule has 3 heteroatoms. The molecule has 0 aliphatic heterocycles. The van der Waals surface area contributed by atoms with Gasteiger partial charge in [-0.2, -0.15) is 0 Å². The lowest BCUT2D eigenvalue weighted by Gasteiger charge is -2.43. The number of aliphatic hydroxyl groups excluding tert-OH is 1. The molecule has 0 bridgehead atoms. The Labute approximate surface area is 136 Å². The van der Waals surface area contributed by atoms with Gasteiger partial charge >= 0.3 is 0 Å². The lowest BCUT2D eigenvalue weighted by molar-refractivity contribution is -0.147. The Kier molecular flexibility index (Phi) is 5.87. The van der Waals surface area contributed by atoms with Crippen LogP contribution in [-0.4, -0.2) is 23.4 Å². The van der Waals surface area contributed by atoms with Crippen LogP contribution in [-0.2, 0) is 11.2 Å². The van der Waals surface area contributed by atoms with Crippen molar-refractivity contribution in [1.82, 2.24) is 0 Å². The third kappa shape index (κ3) is 3.95. The van der Waals surface area contributed by atoms with E-state index in [1.165, 1.54) is 15.6 Å². The molecule has 0 radical (unpaired) electrons. The van der Waals surface area contributed by atoms with Crippen LogP contribution in [0.3, 0.4) is 0 Å². The molecular formula is C17H25IO2. The number of rotatable bonds is 5. The van der Waals surface area contributed by atoms with Crippen molar-refractivity contribution in [2.75, 3.05) is 6.61 Å². The standard InChI is InChI=1S/C17H25IO2/c1-3-20-17(10-4-5-13(2)12-17)16(19)11-14-6-8-15(18)9-7-14/h6-9,13,16,19H,3-5,10-12H2,1-2H3. The lowest BCUT2D eigenvalue weighted by Crippen LogP contribution is -2.49. The van der Waals surface area contributed by atoms with E-state index >= 15 is 0 Å². The van der Waals surface area contributed by atoms with E-state index in [0.29, 0.717) is 18.9 Å². The maximum Gasteiger partial charge on any atom is 0.0945 e. The van der Waals surface area contributed by atoms with Gasteiger partial charge in [-0.25, -0.2) is 0 Å². The lowest BCUT2D eigenvalue weighted by atomic mass is 9.74. The van der Waals surface area contributed by atoms with Crippen molar-refractivity contribution in [3.8, 4) is 0 Å². The van der Waals surface area contributed by atoms with Gasteiger partial charge in [0.2, 0.25) is 0 Å². The first kappa shape index (κ1) is 16.2. The molecule has 0 amide bonds. The first-order chi connectivity index (χ1) is 9.55. The van der Waals surface area contributed by atoms with Gasteiger partial charge in [-0.05, 0) is 66.0 Å². The number of hydrogen-bond acceptors (Lipinski definition) is 2. The van der Waals surface area contributed by atoms with Gasteiger partial charge in [0.15, 0.2) is 0 Å². The molecule has 1 fully saturated rings. The number of aliphatic hydroxyl groups is 1. The molecule has 2 nitrogen and oxygen atoms in total. The molecule has 0 heterocycles. The van der Waals surface area contributed by atoms with E-state index in [2.05, 4.69) is 53.8 Å². The Morgan fingerprint density at radius 2 is 2.10 bits per heavy atom. The van der Waals surface area contributed by atoms with Crippen LogP contribution in [0, 0.1) is 9.49 Å². The number of hydrogen-bond donors (Lipinski definition) is 1. The molecule has 112 valence electrons. The van der Waals surface area contributed by atoms with Crippen molar-refractivity contribution in [2.24, 2.45) is 5.92 Å². The van der Waals surface area contributed by atoms with E-state index < -0.39 is 6.10 Å². The molecule has 20 heavy (non-hydrogen) atoms. The largest absolute Gasteiger partial charge is 0.390 e. The predicted octanol–water partition coefficient (Wildman–Crippen LogP) is 4.18. The minimum absolute atomic E-state index is 0.338. The number of halogens is 1. The van der Waals surface area contributed by atoms with Crippen molar-refractivity contribution < 1.29 is 9.84 Å². The molecule has 0 aromatic heterocycles. The van der Waals surface area contributed by atoms with Crippen LogP contribution >= 0.6 is 22.6 Å². The summed E-state index contributed by atoms with van der Waals surface area (Å²) >= 11 is 2.31. The summed E-state index contributed by atoms with van der Waals surface area (Å²) in [6.45, 7) is 4.97. The van der Waals surface area contributed by atoms with E-state index in [1.807, 2.05) is 6.92 Å². The fourth-order valence-electron chi connectivity index (χ4n) is 3.39. The zero-order valence-corrected chi connectivity index (χ0v) is 14.6. The summed E-state index contributed by atoms with van der Waals surface area (Å²) in [6, 6.07) is 8.41. The van der Waals surface area contributed by atoms with Gasteiger partial charge in [0.25, 0.3) is 0 Å². The van der Waals surface area contributed by atoms with E-state index in [9.17, 15) is 5.11 Å². The van der Waals surface area contributed by atoms with E-state index in [-0.39, 0.29) is 5.60 Å². The van der Waals surface area contributed by atoms with Gasteiger partial charge in [0, 0.05) is 16.6 Å². The van der Waals surface area contributed by atoms with E-state index in [1.54, 1.807) is 0 Å². The Morgan fingerprint density at radius 1 is 1.40 bits per heavy atom. The van der Waals surface area contributed by atoms with E-state index in [4.69, 9.17) is 4.74 Å². The summed E-state index contributed by atoms with van der Waals surface area (Å²) in [4.78, 5) is 0. The zero-order valence-electron chi connectivity index (χ0n) is 12.4. The smallest absolute Gasteiger partial charge is 0.0945 e. The van der Waals surface area contributed by atoms with Gasteiger partial charge in [-0.3, -0.25) is 0 Å². The maximum atomic E-state index is 10.8. The van der Waals surface area contributed by atoms with Crippen LogP contribution in [0.4, 0.5) is 0 Å². The monoisotopic (exact) mass is 388 g/mol. The van der Waals surface area contributed by atoms with Crippen molar-refractivity contribution in [3.05, 3.63) is 33.4 Å². The molecular weight excluding hydrogens is 363 g/mol. The molecule has 1 aliphatic carbocycles. The second kappa shape index (κ2) is 7.23. The first-order valence-corrected chi connectivity index (χ1v) is 8.70. The summed E-state index contributed by atoms with van der Waals surface area (Å²) in [5.41, 5.74) is 0.852. The number of benzene rings is 1. The topological polar surface area (TPSA) is 29.5 Å². The van der Waals surface area contributed by atoms with Gasteiger partial charge in [-0.1, -0.05) is 31.9 Å². The molecule has 1 aromatic carbocycles. The minimum Gasteiger partial charge on any atom is -0.390 e. The SMILES string of the molecule is CCOC1(C(O)Cc2ccc(I)cc2)CCCC(C)C1. The highest BCUT2D eigenvalue weighted by Crippen LogP contribution is 2.38. The molecule has 3 unspecified atom stereocenters. The predicted molar refractivity (Wildman–Crippen MR) is 90.9 cm³/mol. The molecule has 0 spiro atoms. The zero-order chi connectivity index (χ0) is 14.6. The maximum absolute atomic E-state index is 10.8. The van der Waals surface area contributed by atoms with Crippen LogP contribution in [0.5, 0.6) is 0 Å². The third-order valence-electron chi connectivity index (χ3n) is 4.37. The summed E-state index contributed by atoms with van der Waals surface area (Å²) < 4.78 is 7.28. The molecule has 1 aromatic rings. The molecule has 1 saturated carbocycles. The van der Waals surface area contributed by atoms with Gasteiger partial charge < -0.3 is 9.84 Å². The van der Waals surface area contributed by atoms with Crippen molar-refractivity contribution >= 4 is 22.6 Å². The molecule has 0 saturated heterocycles. The van der Waals surface area contributed by atoms with Gasteiger partial charge in [0.1, 0.15) is 0 Å². The van der Waals surface area contributed by atoms with Crippen LogP contribution < -0.4 is 0 Å². The summed E-state index contributed by atoms with van der Waals surface area (Å²) in [5.74, 6) is 0.640. The fourth-order valence-corrected chi connectivity index (χ4v) is 3.75. The molecule has 1 aliphatic rings. The summed E-state index contributed by atoms with van der Waals surface area (Å²) in [6.07, 6.45) is 4.65. The summed E-state index contributed by atoms with van der Waals surface area (Å²) in [5, 5.41) is 10.8. The second-order valence-electron chi connectivity index (χ2n) is 6.05. The Hall–Kier alpha value is -0.130. The normalized spacial score (nSPS) is 28.3. The highest BCUT2D eigenvalue weighted by atomic mass is 127. The van der Waals surface area contributed by atoms with Crippen molar-refractivity contribution in [2.45, 2.75) is 57.7 Å². The molecule has 3 atom stereocenters. The average molecular weight is 388 g/mol. The van der Waals surface area contributed by atoms with Gasteiger partial charge in [-0.15, -0.1) is 0 Å². The Balaban J connectivity index is 2.10. The van der Waals surface area contributed by atoms with Crippen molar-refractivity contribution in [1.29, 1.82) is 0 Å². The molecule has 2 rings (SSSR count). The van der Waals surface area contributed by atoms with Crippen LogP contribution in [0.1, 0.15) is 45.1 Å². The van der Waals surface area contributed by atoms with Gasteiger partial charge in [0.05, 0.1) is 11.7 Å². The average Bonchev–Trinajstić information content (AvgIpc) is 2.41. The quantitative estimate of drug-likeness (QED) is 0.767.